The number of carboxylic acids is 6. The molecule has 0 bridgehead atoms. The van der Waals surface area contributed by atoms with E-state index in [0.29, 0.717) is 0 Å². The molecule has 0 spiro atoms. The zero-order valence-corrected chi connectivity index (χ0v) is 32.9. The molecular weight excluding hydrogens is 934 g/mol. The second-order valence-electron chi connectivity index (χ2n) is 9.92. The fourth-order valence-electron chi connectivity index (χ4n) is 3.45. The van der Waals surface area contributed by atoms with Gasteiger partial charge in [-0.05, 0) is 33.4 Å². The summed E-state index contributed by atoms with van der Waals surface area (Å²) < 4.78 is 0. The van der Waals surface area contributed by atoms with Crippen molar-refractivity contribution in [3.05, 3.63) is 215 Å². The Hall–Kier alpha value is -6.81. The summed E-state index contributed by atoms with van der Waals surface area (Å²) in [7, 11) is 0. The van der Waals surface area contributed by atoms with E-state index in [1.165, 1.54) is 72.8 Å². The van der Waals surface area contributed by atoms with Crippen molar-refractivity contribution in [2.45, 2.75) is 0 Å². The van der Waals surface area contributed by atoms with E-state index in [9.17, 15) is 59.4 Å². The van der Waals surface area contributed by atoms with Crippen LogP contribution in [-0.2, 0) is 0 Å². The molecule has 0 saturated carbocycles. The third-order valence-electron chi connectivity index (χ3n) is 6.06. The minimum Gasteiger partial charge on any atom is -0.545 e. The van der Waals surface area contributed by atoms with Crippen molar-refractivity contribution in [3.63, 3.8) is 0 Å². The van der Waals surface area contributed by atoms with E-state index in [0.717, 1.165) is 0 Å². The van der Waals surface area contributed by atoms with Gasteiger partial charge in [0.2, 0.25) is 0 Å². The number of carbonyl (C=O) groups excluding carboxylic acids is 6. The number of aromatic carboxylic acids is 6. The number of rotatable bonds is 6. The molecule has 6 aromatic rings. The van der Waals surface area contributed by atoms with Crippen molar-refractivity contribution in [3.8, 4) is 0 Å². The minimum absolute atomic E-state index is 0. The summed E-state index contributed by atoms with van der Waals surface area (Å²) in [6, 6.07) is 48.4. The molecule has 6 rings (SSSR count). The van der Waals surface area contributed by atoms with Gasteiger partial charge in [0.25, 0.3) is 0 Å². The van der Waals surface area contributed by atoms with E-state index in [1.54, 1.807) is 109 Å². The maximum Gasteiger partial charge on any atom is 6.00 e. The van der Waals surface area contributed by atoms with Crippen LogP contribution in [0.1, 0.15) is 62.1 Å². The summed E-state index contributed by atoms with van der Waals surface area (Å²) in [4.78, 5) is 60.5. The quantitative estimate of drug-likeness (QED) is 0.219. The molecule has 13 heteroatoms. The number of carboxylic acid groups (broad SMARTS) is 6. The predicted octanol–water partition coefficient (Wildman–Crippen LogP) is 0.301. The third kappa shape index (κ3) is 22.7. The number of benzene rings is 6. The van der Waals surface area contributed by atoms with Gasteiger partial charge in [-0.15, -0.1) is 0 Å². The predicted molar refractivity (Wildman–Crippen MR) is 185 cm³/mol. The summed E-state index contributed by atoms with van der Waals surface area (Å²) >= 11 is 0. The molecule has 0 aliphatic heterocycles. The first-order valence-corrected chi connectivity index (χ1v) is 15.4. The molecule has 12 nitrogen and oxygen atoms in total. The smallest absolute Gasteiger partial charge is 0.545 e. The van der Waals surface area contributed by atoms with Crippen LogP contribution < -0.4 is 30.6 Å². The van der Waals surface area contributed by atoms with Crippen LogP contribution >= 0.6 is 0 Å². The van der Waals surface area contributed by atoms with Gasteiger partial charge in [-0.1, -0.05) is 182 Å². The standard InChI is InChI=1S/6C7H6O2.U/c6*8-7(9)6-4-2-1-3-5-6;/h6*1-5H,(H,8,9);/q;;;;;;+6/p-6. The van der Waals surface area contributed by atoms with Crippen molar-refractivity contribution in [1.82, 2.24) is 0 Å². The normalized spacial score (nSPS) is 8.73. The van der Waals surface area contributed by atoms with Crippen LogP contribution in [0.4, 0.5) is 0 Å². The van der Waals surface area contributed by atoms with Crippen LogP contribution in [0.2, 0.25) is 0 Å². The molecule has 0 radical (unpaired) electrons. The fraction of sp³-hybridized carbons (Fsp3) is 0. The van der Waals surface area contributed by atoms with E-state index in [1.807, 2.05) is 0 Å². The van der Waals surface area contributed by atoms with E-state index >= 15 is 0 Å². The van der Waals surface area contributed by atoms with Gasteiger partial charge in [-0.25, -0.2) is 0 Å². The van der Waals surface area contributed by atoms with Gasteiger partial charge < -0.3 is 59.4 Å². The molecular formula is C42H30O12U. The molecule has 274 valence electrons. The number of carbonyl (C=O) groups is 6. The van der Waals surface area contributed by atoms with Crippen molar-refractivity contribution in [2.24, 2.45) is 0 Å². The topological polar surface area (TPSA) is 241 Å². The van der Waals surface area contributed by atoms with Crippen LogP contribution in [0.25, 0.3) is 0 Å². The first-order valence-electron chi connectivity index (χ1n) is 15.4. The molecule has 0 heterocycles. The molecule has 0 fully saturated rings. The summed E-state index contributed by atoms with van der Waals surface area (Å²) in [6.07, 6.45) is 0. The molecule has 0 atom stereocenters. The first-order chi connectivity index (χ1) is 25.8. The summed E-state index contributed by atoms with van der Waals surface area (Å²) in [5.41, 5.74) is 1.32. The van der Waals surface area contributed by atoms with E-state index in [2.05, 4.69) is 0 Å². The Morgan fingerprint density at radius 2 is 0.309 bits per heavy atom. The van der Waals surface area contributed by atoms with Gasteiger partial charge in [0.15, 0.2) is 0 Å². The Kier molecular flexibility index (Phi) is 25.2. The Morgan fingerprint density at radius 3 is 0.364 bits per heavy atom. The van der Waals surface area contributed by atoms with Crippen LogP contribution in [0, 0.1) is 31.1 Å². The second kappa shape index (κ2) is 28.7. The van der Waals surface area contributed by atoms with E-state index in [4.69, 9.17) is 0 Å². The number of hydrogen-bond acceptors (Lipinski definition) is 12. The Balaban J connectivity index is 0.000000634. The molecule has 6 aromatic carbocycles. The zero-order chi connectivity index (χ0) is 40.1. The Morgan fingerprint density at radius 1 is 0.218 bits per heavy atom. The van der Waals surface area contributed by atoms with Crippen molar-refractivity contribution in [1.29, 1.82) is 0 Å². The largest absolute Gasteiger partial charge is 6.00 e. The first kappa shape index (κ1) is 48.2. The van der Waals surface area contributed by atoms with Gasteiger partial charge >= 0.3 is 31.1 Å². The molecule has 0 amide bonds. The summed E-state index contributed by atoms with van der Waals surface area (Å²) in [6.45, 7) is 0. The fourth-order valence-corrected chi connectivity index (χ4v) is 3.45. The van der Waals surface area contributed by atoms with Crippen LogP contribution in [0.5, 0.6) is 0 Å². The van der Waals surface area contributed by atoms with Crippen LogP contribution in [0.3, 0.4) is 0 Å². The van der Waals surface area contributed by atoms with Crippen molar-refractivity contribution >= 4 is 35.8 Å². The minimum atomic E-state index is -1.13. The van der Waals surface area contributed by atoms with Gasteiger partial charge in [0, 0.05) is 0 Å². The molecule has 55 heavy (non-hydrogen) atoms. The maximum atomic E-state index is 10.1. The van der Waals surface area contributed by atoms with Gasteiger partial charge in [-0.3, -0.25) is 0 Å². The molecule has 0 aliphatic rings. The summed E-state index contributed by atoms with van der Waals surface area (Å²) in [5, 5.41) is 60.5. The van der Waals surface area contributed by atoms with Crippen molar-refractivity contribution < 1.29 is 90.5 Å². The summed E-state index contributed by atoms with van der Waals surface area (Å²) in [5.74, 6) is -6.77. The molecule has 0 aliphatic carbocycles. The third-order valence-corrected chi connectivity index (χ3v) is 6.06. The Labute approximate surface area is 340 Å². The SMILES string of the molecule is O=C([O-])c1ccccc1.O=C([O-])c1ccccc1.O=C([O-])c1ccccc1.O=C([O-])c1ccccc1.O=C([O-])c1ccccc1.O=C([O-])c1ccccc1.[U+6]. The monoisotopic (exact) mass is 964 g/mol. The number of hydrogen-bond donors (Lipinski definition) is 0. The molecule has 0 saturated heterocycles. The molecule has 0 N–H and O–H groups in total. The van der Waals surface area contributed by atoms with Crippen molar-refractivity contribution in [2.75, 3.05) is 0 Å². The molecule has 0 unspecified atom stereocenters. The van der Waals surface area contributed by atoms with Crippen LogP contribution in [-0.4, -0.2) is 35.8 Å². The second-order valence-corrected chi connectivity index (χ2v) is 9.92. The Bertz CT molecular complexity index is 1610. The maximum absolute atomic E-state index is 10.1. The zero-order valence-electron chi connectivity index (χ0n) is 28.7. The van der Waals surface area contributed by atoms with Gasteiger partial charge in [0.1, 0.15) is 0 Å². The molecule has 0 aromatic heterocycles. The van der Waals surface area contributed by atoms with E-state index in [-0.39, 0.29) is 64.5 Å². The van der Waals surface area contributed by atoms with Gasteiger partial charge in [-0.2, -0.15) is 0 Å². The average molecular weight is 965 g/mol. The van der Waals surface area contributed by atoms with E-state index < -0.39 is 35.8 Å². The van der Waals surface area contributed by atoms with Gasteiger partial charge in [0.05, 0.1) is 35.8 Å². The average Bonchev–Trinajstić information content (AvgIpc) is 3.21. The van der Waals surface area contributed by atoms with Crippen LogP contribution in [0.15, 0.2) is 182 Å².